The average molecular weight is 420 g/mol. The number of likely N-dealkylation sites (tertiary alicyclic amines) is 1. The number of rotatable bonds is 5. The van der Waals surface area contributed by atoms with E-state index in [1.54, 1.807) is 6.92 Å². The first-order valence-electron chi connectivity index (χ1n) is 8.70. The van der Waals surface area contributed by atoms with Gasteiger partial charge in [-0.1, -0.05) is 12.1 Å². The maximum absolute atomic E-state index is 12.8. The third-order valence-electron chi connectivity index (χ3n) is 4.72. The SMILES string of the molecule is CC(CS(C)(=O)=O)NC(=O)C1CCC(=O)N(C)C1c1ccc(C(F)(F)F)cc1. The first kappa shape index (κ1) is 22.2. The van der Waals surface area contributed by atoms with Crippen LogP contribution in [-0.4, -0.2) is 50.2 Å². The van der Waals surface area contributed by atoms with Crippen LogP contribution in [0.1, 0.15) is 36.9 Å². The maximum Gasteiger partial charge on any atom is 0.416 e. The normalized spacial score (nSPS) is 22.1. The van der Waals surface area contributed by atoms with Gasteiger partial charge in [-0.2, -0.15) is 13.2 Å². The van der Waals surface area contributed by atoms with Crippen molar-refractivity contribution in [2.75, 3.05) is 19.1 Å². The smallest absolute Gasteiger partial charge is 0.352 e. The molecule has 0 radical (unpaired) electrons. The van der Waals surface area contributed by atoms with Crippen molar-refractivity contribution >= 4 is 21.7 Å². The van der Waals surface area contributed by atoms with Gasteiger partial charge < -0.3 is 10.2 Å². The second kappa shape index (κ2) is 8.10. The predicted molar refractivity (Wildman–Crippen MR) is 97.0 cm³/mol. The molecule has 3 unspecified atom stereocenters. The van der Waals surface area contributed by atoms with Crippen LogP contribution in [0.4, 0.5) is 13.2 Å². The van der Waals surface area contributed by atoms with Gasteiger partial charge in [-0.05, 0) is 31.0 Å². The van der Waals surface area contributed by atoms with Crippen molar-refractivity contribution < 1.29 is 31.2 Å². The Bertz CT molecular complexity index is 837. The fraction of sp³-hybridized carbons (Fsp3) is 0.556. The third kappa shape index (κ3) is 5.46. The van der Waals surface area contributed by atoms with Gasteiger partial charge in [0.05, 0.1) is 23.3 Å². The summed E-state index contributed by atoms with van der Waals surface area (Å²) < 4.78 is 61.2. The molecule has 3 atom stereocenters. The van der Waals surface area contributed by atoms with Gasteiger partial charge in [-0.3, -0.25) is 9.59 Å². The van der Waals surface area contributed by atoms with E-state index in [2.05, 4.69) is 5.32 Å². The maximum atomic E-state index is 12.8. The summed E-state index contributed by atoms with van der Waals surface area (Å²) in [6, 6.07) is 3.02. The fourth-order valence-corrected chi connectivity index (χ4v) is 4.48. The van der Waals surface area contributed by atoms with Gasteiger partial charge in [0.1, 0.15) is 9.84 Å². The lowest BCUT2D eigenvalue weighted by molar-refractivity contribution is -0.142. The second-order valence-corrected chi connectivity index (χ2v) is 9.40. The quantitative estimate of drug-likeness (QED) is 0.791. The molecule has 6 nitrogen and oxygen atoms in total. The number of amides is 2. The number of nitrogens with zero attached hydrogens (tertiary/aromatic N) is 1. The lowest BCUT2D eigenvalue weighted by Crippen LogP contribution is -2.49. The molecule has 1 N–H and O–H groups in total. The molecule has 1 heterocycles. The highest BCUT2D eigenvalue weighted by Crippen LogP contribution is 2.37. The molecule has 0 bridgehead atoms. The lowest BCUT2D eigenvalue weighted by Gasteiger charge is -2.39. The summed E-state index contributed by atoms with van der Waals surface area (Å²) in [6.07, 6.45) is -3.06. The van der Waals surface area contributed by atoms with Crippen molar-refractivity contribution in [3.8, 4) is 0 Å². The Morgan fingerprint density at radius 1 is 1.29 bits per heavy atom. The van der Waals surface area contributed by atoms with Crippen molar-refractivity contribution in [1.29, 1.82) is 0 Å². The number of sulfone groups is 1. The molecule has 1 saturated heterocycles. The van der Waals surface area contributed by atoms with Crippen molar-refractivity contribution in [2.45, 2.75) is 38.0 Å². The molecular weight excluding hydrogens is 397 g/mol. The van der Waals surface area contributed by atoms with Crippen molar-refractivity contribution in [3.05, 3.63) is 35.4 Å². The van der Waals surface area contributed by atoms with Crippen LogP contribution < -0.4 is 5.32 Å². The monoisotopic (exact) mass is 420 g/mol. The van der Waals surface area contributed by atoms with E-state index in [4.69, 9.17) is 0 Å². The Balaban J connectivity index is 2.27. The van der Waals surface area contributed by atoms with Crippen LogP contribution in [0.15, 0.2) is 24.3 Å². The van der Waals surface area contributed by atoms with Gasteiger partial charge in [0.15, 0.2) is 0 Å². The molecule has 0 aliphatic carbocycles. The van der Waals surface area contributed by atoms with Crippen LogP contribution in [0.5, 0.6) is 0 Å². The zero-order chi connectivity index (χ0) is 21.3. The minimum absolute atomic E-state index is 0.131. The Morgan fingerprint density at radius 2 is 1.86 bits per heavy atom. The molecule has 156 valence electrons. The van der Waals surface area contributed by atoms with Crippen molar-refractivity contribution in [3.63, 3.8) is 0 Å². The van der Waals surface area contributed by atoms with Crippen molar-refractivity contribution in [2.24, 2.45) is 5.92 Å². The third-order valence-corrected chi connectivity index (χ3v) is 5.82. The van der Waals surface area contributed by atoms with E-state index in [-0.39, 0.29) is 24.5 Å². The highest BCUT2D eigenvalue weighted by molar-refractivity contribution is 7.90. The van der Waals surface area contributed by atoms with Crippen LogP contribution >= 0.6 is 0 Å². The number of hydrogen-bond acceptors (Lipinski definition) is 4. The Kier molecular flexibility index (Phi) is 6.42. The molecule has 2 amide bonds. The van der Waals surface area contributed by atoms with Crippen LogP contribution in [-0.2, 0) is 25.6 Å². The summed E-state index contributed by atoms with van der Waals surface area (Å²) in [5.74, 6) is -1.56. The Morgan fingerprint density at radius 3 is 2.36 bits per heavy atom. The molecule has 28 heavy (non-hydrogen) atoms. The van der Waals surface area contributed by atoms with Gasteiger partial charge >= 0.3 is 6.18 Å². The van der Waals surface area contributed by atoms with Gasteiger partial charge in [-0.15, -0.1) is 0 Å². The standard InChI is InChI=1S/C18H23F3N2O4S/c1-11(10-28(3,26)27)22-17(25)14-8-9-15(24)23(2)16(14)12-4-6-13(7-5-12)18(19,20)21/h4-7,11,14,16H,8-10H2,1-3H3,(H,22,25). The van der Waals surface area contributed by atoms with E-state index in [9.17, 15) is 31.2 Å². The summed E-state index contributed by atoms with van der Waals surface area (Å²) >= 11 is 0. The summed E-state index contributed by atoms with van der Waals surface area (Å²) in [5.41, 5.74) is -0.400. The van der Waals surface area contributed by atoms with Gasteiger partial charge in [-0.25, -0.2) is 8.42 Å². The molecule has 10 heteroatoms. The van der Waals surface area contributed by atoms with Gasteiger partial charge in [0.2, 0.25) is 11.8 Å². The minimum atomic E-state index is -4.48. The summed E-state index contributed by atoms with van der Waals surface area (Å²) in [6.45, 7) is 1.56. The van der Waals surface area contributed by atoms with E-state index in [1.807, 2.05) is 0 Å². The van der Waals surface area contributed by atoms with Crippen LogP contribution in [0.25, 0.3) is 0 Å². The predicted octanol–water partition coefficient (Wildman–Crippen LogP) is 2.16. The van der Waals surface area contributed by atoms with Gasteiger partial charge in [0, 0.05) is 25.8 Å². The number of benzene rings is 1. The molecule has 1 aliphatic rings. The number of nitrogens with one attached hydrogen (secondary N) is 1. The Labute approximate surface area is 162 Å². The topological polar surface area (TPSA) is 83.5 Å². The number of hydrogen-bond donors (Lipinski definition) is 1. The number of carbonyl (C=O) groups excluding carboxylic acids is 2. The molecule has 1 aliphatic heterocycles. The number of alkyl halides is 3. The van der Waals surface area contributed by atoms with E-state index >= 15 is 0 Å². The highest BCUT2D eigenvalue weighted by Gasteiger charge is 2.39. The molecule has 0 aromatic heterocycles. The Hall–Kier alpha value is -2.10. The first-order chi connectivity index (χ1) is 12.8. The van der Waals surface area contributed by atoms with Crippen LogP contribution in [0.2, 0.25) is 0 Å². The van der Waals surface area contributed by atoms with E-state index in [0.29, 0.717) is 5.56 Å². The molecule has 1 aromatic rings. The molecular formula is C18H23F3N2O4S. The van der Waals surface area contributed by atoms with Gasteiger partial charge in [0.25, 0.3) is 0 Å². The molecule has 0 saturated carbocycles. The zero-order valence-corrected chi connectivity index (χ0v) is 16.6. The van der Waals surface area contributed by atoms with E-state index < -0.39 is 45.5 Å². The summed E-state index contributed by atoms with van der Waals surface area (Å²) in [4.78, 5) is 26.2. The molecule has 2 rings (SSSR count). The number of halogens is 3. The second-order valence-electron chi connectivity index (χ2n) is 7.22. The highest BCUT2D eigenvalue weighted by atomic mass is 32.2. The first-order valence-corrected chi connectivity index (χ1v) is 10.8. The van der Waals surface area contributed by atoms with Crippen molar-refractivity contribution in [1.82, 2.24) is 10.2 Å². The summed E-state index contributed by atoms with van der Waals surface area (Å²) in [7, 11) is -1.79. The lowest BCUT2D eigenvalue weighted by atomic mass is 9.83. The number of carbonyl (C=O) groups is 2. The van der Waals surface area contributed by atoms with Crippen LogP contribution in [0, 0.1) is 5.92 Å². The average Bonchev–Trinajstić information content (AvgIpc) is 2.54. The largest absolute Gasteiger partial charge is 0.416 e. The molecule has 1 aromatic carbocycles. The molecule has 1 fully saturated rings. The zero-order valence-electron chi connectivity index (χ0n) is 15.8. The molecule has 0 spiro atoms. The van der Waals surface area contributed by atoms with E-state index in [1.165, 1.54) is 24.1 Å². The fourth-order valence-electron chi connectivity index (χ4n) is 3.48. The van der Waals surface area contributed by atoms with Crippen LogP contribution in [0.3, 0.4) is 0 Å². The number of piperidine rings is 1. The summed E-state index contributed by atoms with van der Waals surface area (Å²) in [5, 5.41) is 2.64. The minimum Gasteiger partial charge on any atom is -0.352 e. The van der Waals surface area contributed by atoms with E-state index in [0.717, 1.165) is 18.4 Å².